The third-order valence-corrected chi connectivity index (χ3v) is 6.02. The molecule has 1 saturated heterocycles. The number of piperidine rings is 1. The van der Waals surface area contributed by atoms with E-state index in [-0.39, 0.29) is 5.91 Å². The van der Waals surface area contributed by atoms with E-state index in [0.717, 1.165) is 25.9 Å². The van der Waals surface area contributed by atoms with Crippen LogP contribution in [0, 0.1) is 0 Å². The number of nitrogens with one attached hydrogen (secondary N) is 1. The molecule has 0 radical (unpaired) electrons. The van der Waals surface area contributed by atoms with Gasteiger partial charge in [-0.3, -0.25) is 4.79 Å². The molecular formula is C19H26N2O2S. The molecule has 0 spiro atoms. The van der Waals surface area contributed by atoms with Gasteiger partial charge < -0.3 is 15.0 Å². The SMILES string of the molecule is COCCC(=O)N1CCC(N[C@@H](C)c2cc3ccccc3s2)CC1. The van der Waals surface area contributed by atoms with Gasteiger partial charge in [-0.05, 0) is 37.3 Å². The maximum Gasteiger partial charge on any atom is 0.224 e. The number of likely N-dealkylation sites (tertiary alicyclic amines) is 1. The minimum atomic E-state index is 0.216. The number of carbonyl (C=O) groups excluding carboxylic acids is 1. The molecule has 1 N–H and O–H groups in total. The Hall–Kier alpha value is -1.43. The fourth-order valence-corrected chi connectivity index (χ4v) is 4.37. The average molecular weight is 346 g/mol. The van der Waals surface area contributed by atoms with Gasteiger partial charge in [-0.1, -0.05) is 18.2 Å². The lowest BCUT2D eigenvalue weighted by molar-refractivity contribution is -0.133. The molecule has 1 aliphatic rings. The van der Waals surface area contributed by atoms with Gasteiger partial charge in [-0.2, -0.15) is 0 Å². The highest BCUT2D eigenvalue weighted by Gasteiger charge is 2.24. The van der Waals surface area contributed by atoms with Gasteiger partial charge in [-0.15, -0.1) is 11.3 Å². The summed E-state index contributed by atoms with van der Waals surface area (Å²) in [6.45, 7) is 4.44. The highest BCUT2D eigenvalue weighted by molar-refractivity contribution is 7.19. The van der Waals surface area contributed by atoms with Crippen LogP contribution in [0.2, 0.25) is 0 Å². The first kappa shape index (κ1) is 17.4. The van der Waals surface area contributed by atoms with Gasteiger partial charge >= 0.3 is 0 Å². The third-order valence-electron chi connectivity index (χ3n) is 4.72. The monoisotopic (exact) mass is 346 g/mol. The van der Waals surface area contributed by atoms with Crippen molar-refractivity contribution in [3.63, 3.8) is 0 Å². The number of rotatable bonds is 6. The highest BCUT2D eigenvalue weighted by Crippen LogP contribution is 2.30. The van der Waals surface area contributed by atoms with Crippen molar-refractivity contribution in [2.24, 2.45) is 0 Å². The van der Waals surface area contributed by atoms with E-state index < -0.39 is 0 Å². The van der Waals surface area contributed by atoms with Crippen LogP contribution < -0.4 is 5.32 Å². The highest BCUT2D eigenvalue weighted by atomic mass is 32.1. The molecule has 0 saturated carbocycles. The van der Waals surface area contributed by atoms with E-state index in [4.69, 9.17) is 4.74 Å². The average Bonchev–Trinajstić information content (AvgIpc) is 3.04. The molecule has 2 heterocycles. The molecule has 1 aliphatic heterocycles. The number of benzene rings is 1. The summed E-state index contributed by atoms with van der Waals surface area (Å²) >= 11 is 1.87. The van der Waals surface area contributed by atoms with Crippen LogP contribution in [-0.2, 0) is 9.53 Å². The minimum Gasteiger partial charge on any atom is -0.384 e. The van der Waals surface area contributed by atoms with Crippen molar-refractivity contribution in [1.29, 1.82) is 0 Å². The molecular weight excluding hydrogens is 320 g/mol. The predicted octanol–water partition coefficient (Wildman–Crippen LogP) is 3.58. The Morgan fingerprint density at radius 1 is 1.38 bits per heavy atom. The molecule has 4 nitrogen and oxygen atoms in total. The molecule has 5 heteroatoms. The van der Waals surface area contributed by atoms with Crippen LogP contribution in [0.5, 0.6) is 0 Å². The zero-order valence-electron chi connectivity index (χ0n) is 14.5. The number of ether oxygens (including phenoxy) is 1. The number of methoxy groups -OCH3 is 1. The van der Waals surface area contributed by atoms with E-state index in [1.165, 1.54) is 15.0 Å². The van der Waals surface area contributed by atoms with Crippen LogP contribution in [0.25, 0.3) is 10.1 Å². The Labute approximate surface area is 147 Å². The maximum atomic E-state index is 12.0. The van der Waals surface area contributed by atoms with Crippen LogP contribution in [0.1, 0.15) is 37.1 Å². The Bertz CT molecular complexity index is 644. The van der Waals surface area contributed by atoms with E-state index in [9.17, 15) is 4.79 Å². The van der Waals surface area contributed by atoms with Crippen molar-refractivity contribution < 1.29 is 9.53 Å². The Morgan fingerprint density at radius 3 is 2.83 bits per heavy atom. The number of nitrogens with zero attached hydrogens (tertiary/aromatic N) is 1. The lowest BCUT2D eigenvalue weighted by atomic mass is 10.0. The first-order chi connectivity index (χ1) is 11.7. The second-order valence-corrected chi connectivity index (χ2v) is 7.59. The molecule has 24 heavy (non-hydrogen) atoms. The summed E-state index contributed by atoms with van der Waals surface area (Å²) < 4.78 is 6.34. The summed E-state index contributed by atoms with van der Waals surface area (Å²) in [4.78, 5) is 15.4. The quantitative estimate of drug-likeness (QED) is 0.869. The van der Waals surface area contributed by atoms with Crippen LogP contribution in [0.4, 0.5) is 0 Å². The number of carbonyl (C=O) groups is 1. The second-order valence-electron chi connectivity index (χ2n) is 6.47. The molecule has 2 aromatic rings. The first-order valence-corrected chi connectivity index (χ1v) is 9.50. The lowest BCUT2D eigenvalue weighted by Gasteiger charge is -2.34. The zero-order valence-corrected chi connectivity index (χ0v) is 15.3. The summed E-state index contributed by atoms with van der Waals surface area (Å²) in [5, 5.41) is 5.07. The van der Waals surface area contributed by atoms with E-state index >= 15 is 0 Å². The minimum absolute atomic E-state index is 0.216. The van der Waals surface area contributed by atoms with Crippen molar-refractivity contribution in [2.75, 3.05) is 26.8 Å². The lowest BCUT2D eigenvalue weighted by Crippen LogP contribution is -2.45. The van der Waals surface area contributed by atoms with Crippen LogP contribution >= 0.6 is 11.3 Å². The second kappa shape index (κ2) is 8.10. The van der Waals surface area contributed by atoms with Crippen LogP contribution in [-0.4, -0.2) is 43.7 Å². The topological polar surface area (TPSA) is 41.6 Å². The van der Waals surface area contributed by atoms with Crippen molar-refractivity contribution in [3.8, 4) is 0 Å². The maximum absolute atomic E-state index is 12.0. The molecule has 1 atom stereocenters. The molecule has 0 unspecified atom stereocenters. The normalized spacial score (nSPS) is 17.3. The number of fused-ring (bicyclic) bond motifs is 1. The Balaban J connectivity index is 1.51. The molecule has 1 aromatic heterocycles. The van der Waals surface area contributed by atoms with E-state index in [2.05, 4.69) is 42.6 Å². The summed E-state index contributed by atoms with van der Waals surface area (Å²) in [6.07, 6.45) is 2.54. The van der Waals surface area contributed by atoms with E-state index in [1.54, 1.807) is 7.11 Å². The number of thiophene rings is 1. The van der Waals surface area contributed by atoms with Gasteiger partial charge in [0.2, 0.25) is 5.91 Å². The predicted molar refractivity (Wildman–Crippen MR) is 99.5 cm³/mol. The summed E-state index contributed by atoms with van der Waals surface area (Å²) in [5.41, 5.74) is 0. The van der Waals surface area contributed by atoms with Crippen molar-refractivity contribution in [1.82, 2.24) is 10.2 Å². The molecule has 0 bridgehead atoms. The van der Waals surface area contributed by atoms with Crippen molar-refractivity contribution in [3.05, 3.63) is 35.2 Å². The molecule has 130 valence electrons. The van der Waals surface area contributed by atoms with Crippen LogP contribution in [0.3, 0.4) is 0 Å². The van der Waals surface area contributed by atoms with Gasteiger partial charge in [0.1, 0.15) is 0 Å². The van der Waals surface area contributed by atoms with Gasteiger partial charge in [0, 0.05) is 41.9 Å². The van der Waals surface area contributed by atoms with Gasteiger partial charge in [0.25, 0.3) is 0 Å². The smallest absolute Gasteiger partial charge is 0.224 e. The van der Waals surface area contributed by atoms with Gasteiger partial charge in [0.15, 0.2) is 0 Å². The van der Waals surface area contributed by atoms with Crippen LogP contribution in [0.15, 0.2) is 30.3 Å². The van der Waals surface area contributed by atoms with E-state index in [1.807, 2.05) is 16.2 Å². The first-order valence-electron chi connectivity index (χ1n) is 8.68. The molecule has 3 rings (SSSR count). The summed E-state index contributed by atoms with van der Waals surface area (Å²) in [7, 11) is 1.64. The Kier molecular flexibility index (Phi) is 5.87. The fraction of sp³-hybridized carbons (Fsp3) is 0.526. The van der Waals surface area contributed by atoms with E-state index in [0.29, 0.717) is 25.1 Å². The standard InChI is InChI=1S/C19H26N2O2S/c1-14(18-13-15-5-3-4-6-17(15)24-18)20-16-7-10-21(11-8-16)19(22)9-12-23-2/h3-6,13-14,16,20H,7-12H2,1-2H3/t14-/m0/s1. The summed E-state index contributed by atoms with van der Waals surface area (Å²) in [6, 6.07) is 11.7. The largest absolute Gasteiger partial charge is 0.384 e. The number of hydrogen-bond acceptors (Lipinski definition) is 4. The van der Waals surface area contributed by atoms with Gasteiger partial charge in [-0.25, -0.2) is 0 Å². The summed E-state index contributed by atoms with van der Waals surface area (Å²) in [5.74, 6) is 0.216. The number of amides is 1. The molecule has 1 fully saturated rings. The molecule has 1 aromatic carbocycles. The molecule has 0 aliphatic carbocycles. The van der Waals surface area contributed by atoms with Crippen molar-refractivity contribution >= 4 is 27.3 Å². The number of hydrogen-bond donors (Lipinski definition) is 1. The Morgan fingerprint density at radius 2 is 2.12 bits per heavy atom. The van der Waals surface area contributed by atoms with Crippen molar-refractivity contribution in [2.45, 2.75) is 38.3 Å². The fourth-order valence-electron chi connectivity index (χ4n) is 3.29. The third kappa shape index (κ3) is 4.15. The molecule has 1 amide bonds. The van der Waals surface area contributed by atoms with Gasteiger partial charge in [0.05, 0.1) is 13.0 Å². The zero-order chi connectivity index (χ0) is 16.9.